The minimum atomic E-state index is 0.256. The minimum Gasteiger partial charge on any atom is -0.497 e. The van der Waals surface area contributed by atoms with E-state index in [1.165, 1.54) is 37.7 Å². The van der Waals surface area contributed by atoms with E-state index in [4.69, 9.17) is 10.5 Å². The van der Waals surface area contributed by atoms with Gasteiger partial charge in [0.2, 0.25) is 0 Å². The molecule has 3 N–H and O–H groups in total. The zero-order valence-electron chi connectivity index (χ0n) is 13.5. The molecule has 0 radical (unpaired) electrons. The summed E-state index contributed by atoms with van der Waals surface area (Å²) in [7, 11) is 1.70. The van der Waals surface area contributed by atoms with Crippen molar-refractivity contribution in [1.82, 2.24) is 5.32 Å². The van der Waals surface area contributed by atoms with Crippen LogP contribution < -0.4 is 15.8 Å². The smallest absolute Gasteiger partial charge is 0.118 e. The Morgan fingerprint density at radius 1 is 1.19 bits per heavy atom. The summed E-state index contributed by atoms with van der Waals surface area (Å²) in [4.78, 5) is 0. The predicted octanol–water partition coefficient (Wildman–Crippen LogP) is 3.47. The highest BCUT2D eigenvalue weighted by Gasteiger charge is 2.27. The van der Waals surface area contributed by atoms with E-state index in [2.05, 4.69) is 24.4 Å². The molecule has 1 aromatic rings. The van der Waals surface area contributed by atoms with E-state index in [-0.39, 0.29) is 6.04 Å². The van der Waals surface area contributed by atoms with Gasteiger partial charge in [0, 0.05) is 18.6 Å². The van der Waals surface area contributed by atoms with Crippen molar-refractivity contribution in [1.29, 1.82) is 0 Å². The van der Waals surface area contributed by atoms with Crippen LogP contribution in [0.15, 0.2) is 24.3 Å². The van der Waals surface area contributed by atoms with Crippen LogP contribution in [0.3, 0.4) is 0 Å². The molecule has 21 heavy (non-hydrogen) atoms. The van der Waals surface area contributed by atoms with Gasteiger partial charge in [-0.2, -0.15) is 0 Å². The van der Waals surface area contributed by atoms with Crippen LogP contribution >= 0.6 is 0 Å². The maximum atomic E-state index is 6.38. The van der Waals surface area contributed by atoms with Crippen LogP contribution in [-0.2, 0) is 6.54 Å². The van der Waals surface area contributed by atoms with Crippen molar-refractivity contribution >= 4 is 0 Å². The number of hydrogen-bond donors (Lipinski definition) is 2. The molecule has 2 atom stereocenters. The maximum Gasteiger partial charge on any atom is 0.118 e. The molecule has 0 saturated heterocycles. The van der Waals surface area contributed by atoms with E-state index in [9.17, 15) is 0 Å². The summed E-state index contributed by atoms with van der Waals surface area (Å²) >= 11 is 0. The normalized spacial score (nSPS) is 19.2. The van der Waals surface area contributed by atoms with E-state index in [1.54, 1.807) is 7.11 Å². The second kappa shape index (κ2) is 8.40. The Labute approximate surface area is 129 Å². The summed E-state index contributed by atoms with van der Waals surface area (Å²) < 4.78 is 5.21. The largest absolute Gasteiger partial charge is 0.497 e. The average Bonchev–Trinajstić information content (AvgIpc) is 2.56. The second-order valence-electron chi connectivity index (χ2n) is 6.22. The van der Waals surface area contributed by atoms with Crippen molar-refractivity contribution in [2.75, 3.05) is 7.11 Å². The summed E-state index contributed by atoms with van der Waals surface area (Å²) in [5.41, 5.74) is 7.67. The summed E-state index contributed by atoms with van der Waals surface area (Å²) in [6.07, 6.45) is 7.81. The van der Waals surface area contributed by atoms with Crippen molar-refractivity contribution in [3.05, 3.63) is 29.8 Å². The van der Waals surface area contributed by atoms with Crippen molar-refractivity contribution in [2.24, 2.45) is 11.7 Å². The number of hydrogen-bond acceptors (Lipinski definition) is 3. The van der Waals surface area contributed by atoms with E-state index in [1.807, 2.05) is 12.1 Å². The third-order valence-corrected chi connectivity index (χ3v) is 4.79. The van der Waals surface area contributed by atoms with Crippen molar-refractivity contribution in [3.63, 3.8) is 0 Å². The van der Waals surface area contributed by atoms with Crippen LogP contribution in [-0.4, -0.2) is 19.2 Å². The average molecular weight is 290 g/mol. The summed E-state index contributed by atoms with van der Waals surface area (Å²) in [5.74, 6) is 1.65. The lowest BCUT2D eigenvalue weighted by atomic mass is 9.80. The fourth-order valence-electron chi connectivity index (χ4n) is 3.39. The first-order chi connectivity index (χ1) is 10.2. The lowest BCUT2D eigenvalue weighted by molar-refractivity contribution is 0.235. The Balaban J connectivity index is 1.93. The Bertz CT molecular complexity index is 398. The quantitative estimate of drug-likeness (QED) is 0.808. The van der Waals surface area contributed by atoms with Gasteiger partial charge in [0.25, 0.3) is 0 Å². The number of rotatable bonds is 7. The topological polar surface area (TPSA) is 47.3 Å². The monoisotopic (exact) mass is 290 g/mol. The molecule has 1 fully saturated rings. The van der Waals surface area contributed by atoms with Gasteiger partial charge in [-0.05, 0) is 42.9 Å². The fourth-order valence-corrected chi connectivity index (χ4v) is 3.39. The van der Waals surface area contributed by atoms with Gasteiger partial charge in [0.05, 0.1) is 7.11 Å². The molecule has 3 nitrogen and oxygen atoms in total. The SMILES string of the molecule is CC[C@@H](N)[C@@H](NCc1ccc(OC)cc1)C1CCCCC1. The highest BCUT2D eigenvalue weighted by molar-refractivity contribution is 5.27. The Morgan fingerprint density at radius 2 is 1.86 bits per heavy atom. The number of nitrogens with one attached hydrogen (secondary N) is 1. The zero-order valence-corrected chi connectivity index (χ0v) is 13.5. The number of nitrogens with two attached hydrogens (primary N) is 1. The van der Waals surface area contributed by atoms with Gasteiger partial charge in [0.1, 0.15) is 5.75 Å². The third-order valence-electron chi connectivity index (χ3n) is 4.79. The predicted molar refractivity (Wildman–Crippen MR) is 88.5 cm³/mol. The maximum absolute atomic E-state index is 6.38. The van der Waals surface area contributed by atoms with Gasteiger partial charge < -0.3 is 15.8 Å². The molecular weight excluding hydrogens is 260 g/mol. The lowest BCUT2D eigenvalue weighted by Crippen LogP contribution is -2.49. The van der Waals surface area contributed by atoms with Crippen molar-refractivity contribution < 1.29 is 4.74 Å². The molecule has 1 saturated carbocycles. The zero-order chi connectivity index (χ0) is 15.1. The van der Waals surface area contributed by atoms with Gasteiger partial charge in [-0.25, -0.2) is 0 Å². The molecule has 0 unspecified atom stereocenters. The molecule has 0 spiro atoms. The Hall–Kier alpha value is -1.06. The van der Waals surface area contributed by atoms with Crippen LogP contribution in [0.1, 0.15) is 51.0 Å². The van der Waals surface area contributed by atoms with Gasteiger partial charge in [-0.3, -0.25) is 0 Å². The summed E-state index contributed by atoms with van der Waals surface area (Å²) in [6.45, 7) is 3.08. The minimum absolute atomic E-state index is 0.256. The van der Waals surface area contributed by atoms with E-state index in [0.717, 1.165) is 24.6 Å². The van der Waals surface area contributed by atoms with E-state index in [0.29, 0.717) is 6.04 Å². The molecule has 118 valence electrons. The fraction of sp³-hybridized carbons (Fsp3) is 0.667. The molecule has 0 aliphatic heterocycles. The molecule has 1 aliphatic carbocycles. The molecule has 0 amide bonds. The Kier molecular flexibility index (Phi) is 6.52. The molecule has 2 rings (SSSR count). The van der Waals surface area contributed by atoms with Crippen LogP contribution in [0.4, 0.5) is 0 Å². The van der Waals surface area contributed by atoms with Gasteiger partial charge in [-0.15, -0.1) is 0 Å². The first-order valence-electron chi connectivity index (χ1n) is 8.36. The van der Waals surface area contributed by atoms with Crippen LogP contribution in [0, 0.1) is 5.92 Å². The van der Waals surface area contributed by atoms with Gasteiger partial charge >= 0.3 is 0 Å². The molecule has 0 heterocycles. The Morgan fingerprint density at radius 3 is 2.43 bits per heavy atom. The molecule has 1 aromatic carbocycles. The lowest BCUT2D eigenvalue weighted by Gasteiger charge is -2.34. The molecule has 0 bridgehead atoms. The third kappa shape index (κ3) is 4.72. The first kappa shape index (κ1) is 16.3. The summed E-state index contributed by atoms with van der Waals surface area (Å²) in [5, 5.41) is 3.73. The van der Waals surface area contributed by atoms with Crippen LogP contribution in [0.25, 0.3) is 0 Å². The standard InChI is InChI=1S/C18H30N2O/c1-3-17(19)18(15-7-5-4-6-8-15)20-13-14-9-11-16(21-2)12-10-14/h9-12,15,17-18,20H,3-8,13,19H2,1-2H3/t17-,18+/m1/s1. The number of methoxy groups -OCH3 is 1. The molecule has 0 aromatic heterocycles. The molecular formula is C18H30N2O. The number of ether oxygens (including phenoxy) is 1. The molecule has 1 aliphatic rings. The second-order valence-corrected chi connectivity index (χ2v) is 6.22. The van der Waals surface area contributed by atoms with Gasteiger partial charge in [-0.1, -0.05) is 38.3 Å². The number of benzene rings is 1. The van der Waals surface area contributed by atoms with E-state index >= 15 is 0 Å². The van der Waals surface area contributed by atoms with E-state index < -0.39 is 0 Å². The van der Waals surface area contributed by atoms with Crippen LogP contribution in [0.2, 0.25) is 0 Å². The summed E-state index contributed by atoms with van der Waals surface area (Å²) in [6, 6.07) is 8.99. The highest BCUT2D eigenvalue weighted by atomic mass is 16.5. The van der Waals surface area contributed by atoms with Crippen LogP contribution in [0.5, 0.6) is 5.75 Å². The first-order valence-corrected chi connectivity index (χ1v) is 8.36. The molecule has 3 heteroatoms. The van der Waals surface area contributed by atoms with Crippen molar-refractivity contribution in [2.45, 2.75) is 64.1 Å². The van der Waals surface area contributed by atoms with Crippen molar-refractivity contribution in [3.8, 4) is 5.75 Å². The van der Waals surface area contributed by atoms with Gasteiger partial charge in [0.15, 0.2) is 0 Å². The highest BCUT2D eigenvalue weighted by Crippen LogP contribution is 2.28.